The number of ether oxygens (including phenoxy) is 2. The number of nitrogens with one attached hydrogen (secondary N) is 2. The molecule has 0 unspecified atom stereocenters. The fraction of sp³-hybridized carbons (Fsp3) is 0.389. The molecular weight excluding hydrogens is 292 g/mol. The lowest BCUT2D eigenvalue weighted by molar-refractivity contribution is 0.0675. The van der Waals surface area contributed by atoms with Crippen LogP contribution in [0.5, 0.6) is 5.75 Å². The average Bonchev–Trinajstić information content (AvgIpc) is 3.25. The van der Waals surface area contributed by atoms with Gasteiger partial charge in [0, 0.05) is 24.9 Å². The van der Waals surface area contributed by atoms with Crippen LogP contribution in [0.1, 0.15) is 34.5 Å². The van der Waals surface area contributed by atoms with Gasteiger partial charge in [-0.3, -0.25) is 4.79 Å². The van der Waals surface area contributed by atoms with Gasteiger partial charge in [-0.25, -0.2) is 0 Å². The van der Waals surface area contributed by atoms with Crippen LogP contribution in [0.15, 0.2) is 36.5 Å². The van der Waals surface area contributed by atoms with Gasteiger partial charge in [-0.2, -0.15) is 0 Å². The number of carbonyl (C=O) groups excluding carboxylic acids is 1. The summed E-state index contributed by atoms with van der Waals surface area (Å²) in [5, 5.41) is 2.91. The number of carbonyl (C=O) groups is 1. The minimum Gasteiger partial charge on any atom is -0.491 e. The molecule has 2 heterocycles. The SMILES string of the molecule is Cc1ccc(CNC(=O)c2ccc[nH]2)c(OC[C@@H]2CCCO2)c1. The Labute approximate surface area is 136 Å². The molecule has 1 atom stereocenters. The molecule has 122 valence electrons. The van der Waals surface area contributed by atoms with E-state index < -0.39 is 0 Å². The number of amides is 1. The first-order valence-electron chi connectivity index (χ1n) is 7.98. The van der Waals surface area contributed by atoms with Gasteiger partial charge in [0.05, 0.1) is 6.10 Å². The summed E-state index contributed by atoms with van der Waals surface area (Å²) < 4.78 is 11.5. The summed E-state index contributed by atoms with van der Waals surface area (Å²) in [7, 11) is 0. The topological polar surface area (TPSA) is 63.4 Å². The summed E-state index contributed by atoms with van der Waals surface area (Å²) in [5.41, 5.74) is 2.65. The zero-order valence-electron chi connectivity index (χ0n) is 13.3. The molecule has 1 aliphatic heterocycles. The van der Waals surface area contributed by atoms with E-state index in [1.165, 1.54) is 0 Å². The van der Waals surface area contributed by atoms with E-state index in [0.717, 1.165) is 36.3 Å². The molecule has 2 N–H and O–H groups in total. The predicted octanol–water partition coefficient (Wildman–Crippen LogP) is 2.81. The highest BCUT2D eigenvalue weighted by molar-refractivity contribution is 5.92. The van der Waals surface area contributed by atoms with E-state index in [1.807, 2.05) is 25.1 Å². The first kappa shape index (κ1) is 15.6. The summed E-state index contributed by atoms with van der Waals surface area (Å²) in [6.45, 7) is 3.83. The molecule has 1 aromatic heterocycles. The Hall–Kier alpha value is -2.27. The number of hydrogen-bond acceptors (Lipinski definition) is 3. The number of aromatic amines is 1. The fourth-order valence-electron chi connectivity index (χ4n) is 2.64. The number of aromatic nitrogens is 1. The molecule has 5 heteroatoms. The summed E-state index contributed by atoms with van der Waals surface area (Å²) in [6.07, 6.45) is 4.06. The molecule has 5 nitrogen and oxygen atoms in total. The average molecular weight is 314 g/mol. The molecule has 0 bridgehead atoms. The third-order valence-corrected chi connectivity index (χ3v) is 3.95. The van der Waals surface area contributed by atoms with Gasteiger partial charge in [-0.05, 0) is 43.5 Å². The van der Waals surface area contributed by atoms with E-state index >= 15 is 0 Å². The van der Waals surface area contributed by atoms with Crippen LogP contribution in [0.2, 0.25) is 0 Å². The molecule has 0 saturated carbocycles. The molecule has 1 aromatic carbocycles. The summed E-state index contributed by atoms with van der Waals surface area (Å²) in [4.78, 5) is 14.9. The number of hydrogen-bond donors (Lipinski definition) is 2. The van der Waals surface area contributed by atoms with Crippen LogP contribution in [-0.4, -0.2) is 30.2 Å². The van der Waals surface area contributed by atoms with Crippen LogP contribution in [0.25, 0.3) is 0 Å². The van der Waals surface area contributed by atoms with Crippen molar-refractivity contribution in [1.82, 2.24) is 10.3 Å². The molecule has 2 aromatic rings. The van der Waals surface area contributed by atoms with Crippen molar-refractivity contribution < 1.29 is 14.3 Å². The van der Waals surface area contributed by atoms with Gasteiger partial charge < -0.3 is 19.8 Å². The second-order valence-electron chi connectivity index (χ2n) is 5.82. The first-order chi connectivity index (χ1) is 11.2. The van der Waals surface area contributed by atoms with Crippen molar-refractivity contribution in [2.45, 2.75) is 32.4 Å². The highest BCUT2D eigenvalue weighted by atomic mass is 16.5. The second kappa shape index (κ2) is 7.33. The van der Waals surface area contributed by atoms with Gasteiger partial charge in [0.15, 0.2) is 0 Å². The van der Waals surface area contributed by atoms with Gasteiger partial charge in [-0.1, -0.05) is 12.1 Å². The zero-order chi connectivity index (χ0) is 16.1. The largest absolute Gasteiger partial charge is 0.491 e. The Kier molecular flexibility index (Phi) is 4.98. The van der Waals surface area contributed by atoms with Crippen molar-refractivity contribution >= 4 is 5.91 Å². The maximum atomic E-state index is 12.0. The molecule has 3 rings (SSSR count). The molecule has 0 aliphatic carbocycles. The van der Waals surface area contributed by atoms with Crippen molar-refractivity contribution in [3.05, 3.63) is 53.3 Å². The van der Waals surface area contributed by atoms with E-state index in [0.29, 0.717) is 18.8 Å². The number of aryl methyl sites for hydroxylation is 1. The van der Waals surface area contributed by atoms with Gasteiger partial charge in [-0.15, -0.1) is 0 Å². The number of benzene rings is 1. The van der Waals surface area contributed by atoms with Gasteiger partial charge in [0.1, 0.15) is 18.1 Å². The summed E-state index contributed by atoms with van der Waals surface area (Å²) in [5.74, 6) is 0.688. The van der Waals surface area contributed by atoms with Crippen LogP contribution in [0, 0.1) is 6.92 Å². The van der Waals surface area contributed by atoms with E-state index in [4.69, 9.17) is 9.47 Å². The third kappa shape index (κ3) is 4.13. The molecule has 1 aliphatic rings. The number of H-pyrrole nitrogens is 1. The van der Waals surface area contributed by atoms with E-state index in [1.54, 1.807) is 18.3 Å². The fourth-order valence-corrected chi connectivity index (χ4v) is 2.64. The Balaban J connectivity index is 1.62. The van der Waals surface area contributed by atoms with Crippen molar-refractivity contribution in [2.24, 2.45) is 0 Å². The van der Waals surface area contributed by atoms with Crippen LogP contribution < -0.4 is 10.1 Å². The summed E-state index contributed by atoms with van der Waals surface area (Å²) in [6, 6.07) is 9.57. The van der Waals surface area contributed by atoms with Crippen LogP contribution >= 0.6 is 0 Å². The van der Waals surface area contributed by atoms with Crippen LogP contribution in [0.3, 0.4) is 0 Å². The van der Waals surface area contributed by atoms with E-state index in [-0.39, 0.29) is 12.0 Å². The smallest absolute Gasteiger partial charge is 0.267 e. The minimum atomic E-state index is -0.124. The molecule has 23 heavy (non-hydrogen) atoms. The highest BCUT2D eigenvalue weighted by Gasteiger charge is 2.17. The monoisotopic (exact) mass is 314 g/mol. The Bertz CT molecular complexity index is 646. The lowest BCUT2D eigenvalue weighted by Gasteiger charge is -2.15. The molecule has 1 fully saturated rings. The Morgan fingerprint density at radius 2 is 2.35 bits per heavy atom. The van der Waals surface area contributed by atoms with Gasteiger partial charge >= 0.3 is 0 Å². The number of rotatable bonds is 6. The maximum Gasteiger partial charge on any atom is 0.267 e. The van der Waals surface area contributed by atoms with Crippen molar-refractivity contribution in [3.8, 4) is 5.75 Å². The quantitative estimate of drug-likeness (QED) is 0.862. The third-order valence-electron chi connectivity index (χ3n) is 3.95. The highest BCUT2D eigenvalue weighted by Crippen LogP contribution is 2.22. The second-order valence-corrected chi connectivity index (χ2v) is 5.82. The van der Waals surface area contributed by atoms with E-state index in [2.05, 4.69) is 10.3 Å². The minimum absolute atomic E-state index is 0.124. The van der Waals surface area contributed by atoms with Crippen LogP contribution in [0.4, 0.5) is 0 Å². The normalized spacial score (nSPS) is 17.2. The summed E-state index contributed by atoms with van der Waals surface area (Å²) >= 11 is 0. The molecule has 0 radical (unpaired) electrons. The van der Waals surface area contributed by atoms with Gasteiger partial charge in [0.25, 0.3) is 5.91 Å². The first-order valence-corrected chi connectivity index (χ1v) is 7.98. The molecule has 0 spiro atoms. The lowest BCUT2D eigenvalue weighted by atomic mass is 10.1. The Morgan fingerprint density at radius 3 is 3.09 bits per heavy atom. The molecule has 1 amide bonds. The van der Waals surface area contributed by atoms with Crippen molar-refractivity contribution in [2.75, 3.05) is 13.2 Å². The van der Waals surface area contributed by atoms with Crippen LogP contribution in [-0.2, 0) is 11.3 Å². The van der Waals surface area contributed by atoms with E-state index in [9.17, 15) is 4.79 Å². The molecule has 1 saturated heterocycles. The lowest BCUT2D eigenvalue weighted by Crippen LogP contribution is -2.24. The maximum absolute atomic E-state index is 12.0. The zero-order valence-corrected chi connectivity index (χ0v) is 13.3. The standard InChI is InChI=1S/C18H22N2O3/c1-13-6-7-14(11-20-18(21)16-5-2-8-19-16)17(10-13)23-12-15-4-3-9-22-15/h2,5-8,10,15,19H,3-4,9,11-12H2,1H3,(H,20,21)/t15-/m0/s1. The van der Waals surface area contributed by atoms with Crippen molar-refractivity contribution in [3.63, 3.8) is 0 Å². The van der Waals surface area contributed by atoms with Crippen molar-refractivity contribution in [1.29, 1.82) is 0 Å². The van der Waals surface area contributed by atoms with Gasteiger partial charge in [0.2, 0.25) is 0 Å². The predicted molar refractivity (Wildman–Crippen MR) is 87.6 cm³/mol. The molecular formula is C18H22N2O3. The Morgan fingerprint density at radius 1 is 1.43 bits per heavy atom.